The van der Waals surface area contributed by atoms with Crippen LogP contribution in [0.25, 0.3) is 0 Å². The third-order valence-electron chi connectivity index (χ3n) is 2.94. The second-order valence-electron chi connectivity index (χ2n) is 4.25. The second-order valence-corrected chi connectivity index (χ2v) is 4.25. The molecule has 1 aromatic rings. The summed E-state index contributed by atoms with van der Waals surface area (Å²) in [5.74, 6) is -0.262. The highest BCUT2D eigenvalue weighted by Gasteiger charge is 2.18. The zero-order valence-electron chi connectivity index (χ0n) is 9.77. The first-order valence-corrected chi connectivity index (χ1v) is 5.98. The second kappa shape index (κ2) is 6.10. The van der Waals surface area contributed by atoms with Crippen LogP contribution in [-0.2, 0) is 9.47 Å². The highest BCUT2D eigenvalue weighted by atomic mass is 19.1. The molecule has 2 rings (SSSR count). The molecule has 1 fully saturated rings. The molecule has 0 aromatic heterocycles. The van der Waals surface area contributed by atoms with Gasteiger partial charge in [0.25, 0.3) is 0 Å². The van der Waals surface area contributed by atoms with E-state index in [0.29, 0.717) is 13.2 Å². The Morgan fingerprint density at radius 2 is 2.41 bits per heavy atom. The minimum absolute atomic E-state index is 0.164. The van der Waals surface area contributed by atoms with E-state index in [9.17, 15) is 4.39 Å². The monoisotopic (exact) mass is 239 g/mol. The van der Waals surface area contributed by atoms with Crippen LogP contribution in [-0.4, -0.2) is 25.9 Å². The molecule has 1 aliphatic heterocycles. The molecule has 4 heteroatoms. The van der Waals surface area contributed by atoms with Gasteiger partial charge < -0.3 is 15.2 Å². The van der Waals surface area contributed by atoms with Crippen LogP contribution in [0.3, 0.4) is 0 Å². The Balaban J connectivity index is 1.91. The fourth-order valence-corrected chi connectivity index (χ4v) is 2.01. The van der Waals surface area contributed by atoms with E-state index < -0.39 is 0 Å². The van der Waals surface area contributed by atoms with Crippen molar-refractivity contribution in [3.8, 4) is 0 Å². The standard InChI is InChI=1S/C13H18FNO2/c14-11-4-1-3-10(7-11)13(8-15)17-9-12-5-2-6-16-12/h1,3-4,7,12-13H,2,5-6,8-9,15H2. The summed E-state index contributed by atoms with van der Waals surface area (Å²) in [5, 5.41) is 0. The molecule has 0 bridgehead atoms. The normalized spacial score (nSPS) is 21.6. The predicted octanol–water partition coefficient (Wildman–Crippen LogP) is 2.02. The number of hydrogen-bond donors (Lipinski definition) is 1. The average Bonchev–Trinajstić information content (AvgIpc) is 2.83. The molecule has 0 spiro atoms. The molecule has 0 radical (unpaired) electrons. The minimum Gasteiger partial charge on any atom is -0.376 e. The third-order valence-corrected chi connectivity index (χ3v) is 2.94. The zero-order valence-corrected chi connectivity index (χ0v) is 9.77. The first-order valence-electron chi connectivity index (χ1n) is 5.98. The first kappa shape index (κ1) is 12.5. The Bertz CT molecular complexity index is 353. The van der Waals surface area contributed by atoms with E-state index in [-0.39, 0.29) is 18.0 Å². The molecular formula is C13H18FNO2. The topological polar surface area (TPSA) is 44.5 Å². The highest BCUT2D eigenvalue weighted by Crippen LogP contribution is 2.20. The van der Waals surface area contributed by atoms with Crippen LogP contribution in [0.1, 0.15) is 24.5 Å². The molecule has 2 atom stereocenters. The van der Waals surface area contributed by atoms with Crippen molar-refractivity contribution in [3.63, 3.8) is 0 Å². The van der Waals surface area contributed by atoms with Gasteiger partial charge >= 0.3 is 0 Å². The van der Waals surface area contributed by atoms with Gasteiger partial charge in [0.2, 0.25) is 0 Å². The fourth-order valence-electron chi connectivity index (χ4n) is 2.01. The van der Waals surface area contributed by atoms with Gasteiger partial charge in [-0.25, -0.2) is 4.39 Å². The summed E-state index contributed by atoms with van der Waals surface area (Å²) in [6, 6.07) is 6.38. The van der Waals surface area contributed by atoms with Crippen molar-refractivity contribution in [1.82, 2.24) is 0 Å². The van der Waals surface area contributed by atoms with Crippen molar-refractivity contribution < 1.29 is 13.9 Å². The summed E-state index contributed by atoms with van der Waals surface area (Å²) in [5.41, 5.74) is 6.43. The number of ether oxygens (including phenoxy) is 2. The van der Waals surface area contributed by atoms with E-state index in [2.05, 4.69) is 0 Å². The number of rotatable bonds is 5. The van der Waals surface area contributed by atoms with Gasteiger partial charge in [-0.3, -0.25) is 0 Å². The van der Waals surface area contributed by atoms with E-state index >= 15 is 0 Å². The smallest absolute Gasteiger partial charge is 0.123 e. The lowest BCUT2D eigenvalue weighted by Crippen LogP contribution is -2.22. The Labute approximate surface area is 101 Å². The molecule has 1 aliphatic rings. The summed E-state index contributed by atoms with van der Waals surface area (Å²) >= 11 is 0. The van der Waals surface area contributed by atoms with E-state index in [1.165, 1.54) is 12.1 Å². The SMILES string of the molecule is NCC(OCC1CCCO1)c1cccc(F)c1. The van der Waals surface area contributed by atoms with Gasteiger partial charge in [-0.2, -0.15) is 0 Å². The van der Waals surface area contributed by atoms with E-state index in [1.54, 1.807) is 6.07 Å². The van der Waals surface area contributed by atoms with Gasteiger partial charge in [-0.15, -0.1) is 0 Å². The van der Waals surface area contributed by atoms with Gasteiger partial charge in [0.05, 0.1) is 18.8 Å². The summed E-state index contributed by atoms with van der Waals surface area (Å²) in [6.07, 6.45) is 2.02. The number of halogens is 1. The lowest BCUT2D eigenvalue weighted by Gasteiger charge is -2.18. The zero-order chi connectivity index (χ0) is 12.1. The van der Waals surface area contributed by atoms with Crippen LogP contribution in [0.2, 0.25) is 0 Å². The van der Waals surface area contributed by atoms with Crippen molar-refractivity contribution >= 4 is 0 Å². The van der Waals surface area contributed by atoms with Crippen molar-refractivity contribution in [1.29, 1.82) is 0 Å². The molecule has 2 N–H and O–H groups in total. The van der Waals surface area contributed by atoms with Crippen LogP contribution in [0.5, 0.6) is 0 Å². The van der Waals surface area contributed by atoms with Gasteiger partial charge in [0.1, 0.15) is 5.82 Å². The molecule has 17 heavy (non-hydrogen) atoms. The number of benzene rings is 1. The van der Waals surface area contributed by atoms with E-state index in [1.807, 2.05) is 6.07 Å². The van der Waals surface area contributed by atoms with Crippen molar-refractivity contribution in [3.05, 3.63) is 35.6 Å². The molecule has 0 saturated carbocycles. The molecular weight excluding hydrogens is 221 g/mol. The van der Waals surface area contributed by atoms with Crippen LogP contribution in [0.15, 0.2) is 24.3 Å². The predicted molar refractivity (Wildman–Crippen MR) is 63.1 cm³/mol. The Morgan fingerprint density at radius 1 is 1.53 bits per heavy atom. The van der Waals surface area contributed by atoms with Crippen LogP contribution < -0.4 is 5.73 Å². The maximum absolute atomic E-state index is 13.1. The van der Waals surface area contributed by atoms with Gasteiger partial charge in [-0.1, -0.05) is 12.1 Å². The van der Waals surface area contributed by atoms with Gasteiger partial charge in [0, 0.05) is 13.2 Å². The van der Waals surface area contributed by atoms with Crippen LogP contribution in [0.4, 0.5) is 4.39 Å². The largest absolute Gasteiger partial charge is 0.376 e. The molecule has 0 aliphatic carbocycles. The summed E-state index contributed by atoms with van der Waals surface area (Å²) < 4.78 is 24.3. The maximum atomic E-state index is 13.1. The lowest BCUT2D eigenvalue weighted by atomic mass is 10.1. The van der Waals surface area contributed by atoms with Crippen molar-refractivity contribution in [2.45, 2.75) is 25.0 Å². The van der Waals surface area contributed by atoms with Gasteiger partial charge in [0.15, 0.2) is 0 Å². The molecule has 1 heterocycles. The molecule has 1 aromatic carbocycles. The lowest BCUT2D eigenvalue weighted by molar-refractivity contribution is -0.0182. The van der Waals surface area contributed by atoms with Crippen molar-refractivity contribution in [2.24, 2.45) is 5.73 Å². The van der Waals surface area contributed by atoms with Crippen LogP contribution in [0, 0.1) is 5.82 Å². The van der Waals surface area contributed by atoms with Crippen molar-refractivity contribution in [2.75, 3.05) is 19.8 Å². The Hall–Kier alpha value is -0.970. The quantitative estimate of drug-likeness (QED) is 0.855. The van der Waals surface area contributed by atoms with E-state index in [4.69, 9.17) is 15.2 Å². The fraction of sp³-hybridized carbons (Fsp3) is 0.538. The molecule has 0 amide bonds. The summed E-state index contributed by atoms with van der Waals surface area (Å²) in [4.78, 5) is 0. The van der Waals surface area contributed by atoms with E-state index in [0.717, 1.165) is 25.0 Å². The average molecular weight is 239 g/mol. The first-order chi connectivity index (χ1) is 8.29. The third kappa shape index (κ3) is 3.49. The summed E-state index contributed by atoms with van der Waals surface area (Å²) in [6.45, 7) is 1.68. The number of nitrogens with two attached hydrogens (primary N) is 1. The van der Waals surface area contributed by atoms with Crippen LogP contribution >= 0.6 is 0 Å². The molecule has 94 valence electrons. The van der Waals surface area contributed by atoms with Gasteiger partial charge in [-0.05, 0) is 30.5 Å². The Morgan fingerprint density at radius 3 is 3.06 bits per heavy atom. The number of hydrogen-bond acceptors (Lipinski definition) is 3. The Kier molecular flexibility index (Phi) is 4.48. The summed E-state index contributed by atoms with van der Waals surface area (Å²) in [7, 11) is 0. The molecule has 2 unspecified atom stereocenters. The molecule has 3 nitrogen and oxygen atoms in total. The molecule has 1 saturated heterocycles. The highest BCUT2D eigenvalue weighted by molar-refractivity contribution is 5.19. The minimum atomic E-state index is -0.262. The maximum Gasteiger partial charge on any atom is 0.123 e.